The second-order valence-corrected chi connectivity index (χ2v) is 7.11. The largest absolute Gasteiger partial charge is 0.462 e. The molecule has 2 aromatic carbocycles. The Morgan fingerprint density at radius 3 is 2.52 bits per heavy atom. The Labute approximate surface area is 174 Å². The Morgan fingerprint density at radius 2 is 1.83 bits per heavy atom. The van der Waals surface area contributed by atoms with Crippen molar-refractivity contribution in [1.29, 1.82) is 0 Å². The van der Waals surface area contributed by atoms with E-state index in [9.17, 15) is 14.4 Å². The van der Waals surface area contributed by atoms with Gasteiger partial charge in [-0.05, 0) is 44.0 Å². The lowest BCUT2D eigenvalue weighted by Crippen LogP contribution is -2.33. The number of aryl methyl sites for hydroxylation is 2. The van der Waals surface area contributed by atoms with Crippen LogP contribution in [0.1, 0.15) is 34.8 Å². The van der Waals surface area contributed by atoms with E-state index in [1.807, 2.05) is 39.0 Å². The number of hydrogen-bond acceptors (Lipinski definition) is 5. The lowest BCUT2D eigenvalue weighted by molar-refractivity contribution is -0.120. The molecule has 1 heterocycles. The molecule has 0 atom stereocenters. The van der Waals surface area contributed by atoms with Gasteiger partial charge < -0.3 is 10.1 Å². The minimum atomic E-state index is -0.695. The number of carbonyl (C=O) groups is 3. The molecular formula is C22H21ClN2O4. The number of ether oxygens (including phenoxy) is 1. The average Bonchev–Trinajstić information content (AvgIpc) is 2.91. The van der Waals surface area contributed by atoms with Gasteiger partial charge in [-0.1, -0.05) is 48.4 Å². The van der Waals surface area contributed by atoms with Gasteiger partial charge in [0, 0.05) is 5.69 Å². The first kappa shape index (κ1) is 20.6. The van der Waals surface area contributed by atoms with Crippen LogP contribution in [0.5, 0.6) is 0 Å². The summed E-state index contributed by atoms with van der Waals surface area (Å²) in [5.41, 5.74) is 2.88. The van der Waals surface area contributed by atoms with E-state index in [0.717, 1.165) is 16.0 Å². The van der Waals surface area contributed by atoms with Crippen molar-refractivity contribution in [3.05, 3.63) is 69.9 Å². The molecule has 1 aliphatic heterocycles. The van der Waals surface area contributed by atoms with Crippen LogP contribution in [-0.4, -0.2) is 24.4 Å². The van der Waals surface area contributed by atoms with Crippen molar-refractivity contribution in [3.63, 3.8) is 0 Å². The monoisotopic (exact) mass is 412 g/mol. The number of hydrogen-bond donors (Lipinski definition) is 1. The minimum absolute atomic E-state index is 0.0275. The molecule has 150 valence electrons. The average molecular weight is 413 g/mol. The summed E-state index contributed by atoms with van der Waals surface area (Å²) in [6.45, 7) is 5.97. The number of anilines is 2. The lowest BCUT2D eigenvalue weighted by atomic mass is 10.1. The van der Waals surface area contributed by atoms with Gasteiger partial charge in [0.2, 0.25) is 0 Å². The maximum absolute atomic E-state index is 13.0. The first-order chi connectivity index (χ1) is 13.8. The number of imide groups is 1. The van der Waals surface area contributed by atoms with Crippen molar-refractivity contribution in [2.24, 2.45) is 0 Å². The third kappa shape index (κ3) is 4.03. The number of benzene rings is 2. The van der Waals surface area contributed by atoms with E-state index in [-0.39, 0.29) is 28.6 Å². The highest BCUT2D eigenvalue weighted by Gasteiger charge is 2.40. The van der Waals surface area contributed by atoms with Crippen molar-refractivity contribution in [2.45, 2.75) is 27.2 Å². The Hall–Kier alpha value is -3.12. The minimum Gasteiger partial charge on any atom is -0.462 e. The first-order valence-corrected chi connectivity index (χ1v) is 9.62. The highest BCUT2D eigenvalue weighted by molar-refractivity contribution is 6.53. The number of rotatable bonds is 6. The molecule has 0 aliphatic carbocycles. The summed E-state index contributed by atoms with van der Waals surface area (Å²) in [6, 6.07) is 12.0. The SMILES string of the molecule is CCCOC(=O)c1ccccc1N1C(=O)C(Cl)=C(Nc2ccc(C)cc2C)C1=O. The number of nitrogens with one attached hydrogen (secondary N) is 1. The maximum Gasteiger partial charge on any atom is 0.340 e. The number of para-hydroxylation sites is 1. The summed E-state index contributed by atoms with van der Waals surface area (Å²) < 4.78 is 5.17. The Morgan fingerprint density at radius 1 is 1.10 bits per heavy atom. The Balaban J connectivity index is 1.94. The predicted molar refractivity (Wildman–Crippen MR) is 112 cm³/mol. The van der Waals surface area contributed by atoms with Crippen molar-refractivity contribution in [2.75, 3.05) is 16.8 Å². The normalized spacial score (nSPS) is 13.9. The van der Waals surface area contributed by atoms with Crippen LogP contribution in [0.4, 0.5) is 11.4 Å². The van der Waals surface area contributed by atoms with Gasteiger partial charge in [0.25, 0.3) is 11.8 Å². The van der Waals surface area contributed by atoms with Crippen LogP contribution < -0.4 is 10.2 Å². The van der Waals surface area contributed by atoms with Gasteiger partial charge in [-0.3, -0.25) is 9.59 Å². The van der Waals surface area contributed by atoms with Gasteiger partial charge >= 0.3 is 5.97 Å². The Kier molecular flexibility index (Phi) is 6.03. The molecule has 0 bridgehead atoms. The second kappa shape index (κ2) is 8.49. The van der Waals surface area contributed by atoms with Crippen LogP contribution in [0.15, 0.2) is 53.2 Å². The van der Waals surface area contributed by atoms with Crippen LogP contribution in [0.3, 0.4) is 0 Å². The fourth-order valence-electron chi connectivity index (χ4n) is 3.03. The van der Waals surface area contributed by atoms with E-state index in [1.54, 1.807) is 12.1 Å². The smallest absolute Gasteiger partial charge is 0.340 e. The van der Waals surface area contributed by atoms with E-state index in [4.69, 9.17) is 16.3 Å². The molecule has 0 aromatic heterocycles. The van der Waals surface area contributed by atoms with Gasteiger partial charge in [-0.15, -0.1) is 0 Å². The second-order valence-electron chi connectivity index (χ2n) is 6.73. The molecule has 2 aromatic rings. The zero-order chi connectivity index (χ0) is 21.1. The molecule has 1 aliphatic rings. The van der Waals surface area contributed by atoms with Crippen LogP contribution in [-0.2, 0) is 14.3 Å². The molecule has 2 amide bonds. The van der Waals surface area contributed by atoms with E-state index in [0.29, 0.717) is 12.1 Å². The van der Waals surface area contributed by atoms with Gasteiger partial charge in [0.15, 0.2) is 0 Å². The summed E-state index contributed by atoms with van der Waals surface area (Å²) in [7, 11) is 0. The summed E-state index contributed by atoms with van der Waals surface area (Å²) in [5.74, 6) is -1.93. The van der Waals surface area contributed by atoms with Gasteiger partial charge in [-0.25, -0.2) is 9.69 Å². The van der Waals surface area contributed by atoms with Gasteiger partial charge in [0.1, 0.15) is 10.7 Å². The Bertz CT molecular complexity index is 1030. The summed E-state index contributed by atoms with van der Waals surface area (Å²) in [4.78, 5) is 39.1. The molecule has 29 heavy (non-hydrogen) atoms. The van der Waals surface area contributed by atoms with Crippen LogP contribution in [0.2, 0.25) is 0 Å². The molecule has 0 unspecified atom stereocenters. The maximum atomic E-state index is 13.0. The summed E-state index contributed by atoms with van der Waals surface area (Å²) in [6.07, 6.45) is 0.660. The van der Waals surface area contributed by atoms with Crippen molar-refractivity contribution in [3.8, 4) is 0 Å². The number of amides is 2. The van der Waals surface area contributed by atoms with Crippen molar-refractivity contribution >= 4 is 40.8 Å². The van der Waals surface area contributed by atoms with E-state index < -0.39 is 17.8 Å². The van der Waals surface area contributed by atoms with Crippen molar-refractivity contribution < 1.29 is 19.1 Å². The predicted octanol–water partition coefficient (Wildman–Crippen LogP) is 4.31. The zero-order valence-electron chi connectivity index (χ0n) is 16.4. The first-order valence-electron chi connectivity index (χ1n) is 9.24. The molecule has 1 N–H and O–H groups in total. The molecular weight excluding hydrogens is 392 g/mol. The number of halogens is 1. The molecule has 0 fully saturated rings. The van der Waals surface area contributed by atoms with E-state index in [2.05, 4.69) is 5.32 Å². The molecule has 7 heteroatoms. The molecule has 0 saturated carbocycles. The molecule has 3 rings (SSSR count). The lowest BCUT2D eigenvalue weighted by Gasteiger charge is -2.18. The topological polar surface area (TPSA) is 75.7 Å². The third-order valence-electron chi connectivity index (χ3n) is 4.47. The highest BCUT2D eigenvalue weighted by atomic mass is 35.5. The molecule has 0 saturated heterocycles. The van der Waals surface area contributed by atoms with Crippen LogP contribution in [0.25, 0.3) is 0 Å². The number of nitrogens with zero attached hydrogens (tertiary/aromatic N) is 1. The van der Waals surface area contributed by atoms with Gasteiger partial charge in [-0.2, -0.15) is 0 Å². The highest BCUT2D eigenvalue weighted by Crippen LogP contribution is 2.33. The third-order valence-corrected chi connectivity index (χ3v) is 4.82. The number of esters is 1. The quantitative estimate of drug-likeness (QED) is 0.565. The van der Waals surface area contributed by atoms with Crippen LogP contribution >= 0.6 is 11.6 Å². The fourth-order valence-corrected chi connectivity index (χ4v) is 3.25. The summed E-state index contributed by atoms with van der Waals surface area (Å²) in [5, 5.41) is 2.74. The van der Waals surface area contributed by atoms with Crippen LogP contribution in [0, 0.1) is 13.8 Å². The number of carbonyl (C=O) groups excluding carboxylic acids is 3. The van der Waals surface area contributed by atoms with Crippen molar-refractivity contribution in [1.82, 2.24) is 0 Å². The standard InChI is InChI=1S/C22H21ClN2O4/c1-4-11-29-22(28)15-7-5-6-8-17(15)25-20(26)18(23)19(21(25)27)24-16-10-9-13(2)12-14(16)3/h5-10,12,24H,4,11H2,1-3H3. The van der Waals surface area contributed by atoms with E-state index in [1.165, 1.54) is 12.1 Å². The summed E-state index contributed by atoms with van der Waals surface area (Å²) >= 11 is 6.21. The van der Waals surface area contributed by atoms with E-state index >= 15 is 0 Å². The molecule has 0 radical (unpaired) electrons. The molecule has 6 nitrogen and oxygen atoms in total. The molecule has 0 spiro atoms. The fraction of sp³-hybridized carbons (Fsp3) is 0.227. The van der Waals surface area contributed by atoms with Gasteiger partial charge in [0.05, 0.1) is 17.9 Å². The zero-order valence-corrected chi connectivity index (χ0v) is 17.2.